The van der Waals surface area contributed by atoms with Crippen LogP contribution >= 0.6 is 0 Å². The first-order valence-electron chi connectivity index (χ1n) is 7.34. The standard InChI is InChI=1S/C10H20O5Si.C5H8O/c1-9(10(11)12)7-5-6-8-16(13-2,14-3)15-4;1-2-4-6-5-3-1/h1,5-8H2,2-4H3,(H,11,12);2,4H,1,3,5H2. The van der Waals surface area contributed by atoms with E-state index in [0.717, 1.165) is 19.4 Å². The molecule has 0 bridgehead atoms. The van der Waals surface area contributed by atoms with Gasteiger partial charge >= 0.3 is 14.8 Å². The maximum absolute atomic E-state index is 10.5. The Balaban J connectivity index is 0.000000604. The number of rotatable bonds is 9. The van der Waals surface area contributed by atoms with Crippen molar-refractivity contribution in [2.75, 3.05) is 27.9 Å². The summed E-state index contributed by atoms with van der Waals surface area (Å²) in [5.41, 5.74) is 0.236. The molecule has 1 aliphatic heterocycles. The zero-order valence-electron chi connectivity index (χ0n) is 13.8. The number of carboxylic acids is 1. The number of carboxylic acid groups (broad SMARTS) is 1. The second-order valence-corrected chi connectivity index (χ2v) is 7.89. The Morgan fingerprint density at radius 2 is 1.91 bits per heavy atom. The van der Waals surface area contributed by atoms with Crippen LogP contribution in [0, 0.1) is 0 Å². The number of carbonyl (C=O) groups is 1. The lowest BCUT2D eigenvalue weighted by Crippen LogP contribution is -2.42. The molecule has 0 saturated carbocycles. The van der Waals surface area contributed by atoms with Crippen molar-refractivity contribution in [1.82, 2.24) is 0 Å². The van der Waals surface area contributed by atoms with Gasteiger partial charge in [0.2, 0.25) is 0 Å². The van der Waals surface area contributed by atoms with Gasteiger partial charge < -0.3 is 23.1 Å². The minimum Gasteiger partial charge on any atom is -0.502 e. The number of hydrogen-bond acceptors (Lipinski definition) is 5. The van der Waals surface area contributed by atoms with Crippen LogP contribution in [-0.4, -0.2) is 47.8 Å². The molecule has 1 rings (SSSR count). The summed E-state index contributed by atoms with van der Waals surface area (Å²) in [6, 6.07) is 0.684. The van der Waals surface area contributed by atoms with Gasteiger partial charge in [0.05, 0.1) is 12.9 Å². The Hall–Kier alpha value is -1.15. The van der Waals surface area contributed by atoms with E-state index < -0.39 is 14.8 Å². The third-order valence-corrected chi connectivity index (χ3v) is 6.10. The molecule has 0 aromatic heterocycles. The zero-order chi connectivity index (χ0) is 16.8. The molecule has 6 nitrogen and oxygen atoms in total. The summed E-state index contributed by atoms with van der Waals surface area (Å²) in [6.07, 6.45) is 8.23. The Kier molecular flexibility index (Phi) is 11.7. The molecule has 0 aromatic carbocycles. The van der Waals surface area contributed by atoms with E-state index in [2.05, 4.69) is 6.58 Å². The summed E-state index contributed by atoms with van der Waals surface area (Å²) < 4.78 is 20.6. The lowest BCUT2D eigenvalue weighted by atomic mass is 10.1. The second kappa shape index (κ2) is 12.4. The third kappa shape index (κ3) is 8.99. The van der Waals surface area contributed by atoms with Crippen LogP contribution in [0.15, 0.2) is 24.5 Å². The third-order valence-electron chi connectivity index (χ3n) is 3.27. The molecule has 0 radical (unpaired) electrons. The van der Waals surface area contributed by atoms with Crippen molar-refractivity contribution in [3.8, 4) is 0 Å². The van der Waals surface area contributed by atoms with Gasteiger partial charge in [-0.2, -0.15) is 0 Å². The van der Waals surface area contributed by atoms with E-state index in [1.54, 1.807) is 27.6 Å². The second-order valence-electron chi connectivity index (χ2n) is 4.80. The van der Waals surface area contributed by atoms with Crippen LogP contribution in [0.4, 0.5) is 0 Å². The topological polar surface area (TPSA) is 74.2 Å². The van der Waals surface area contributed by atoms with Gasteiger partial charge in [-0.05, 0) is 38.2 Å². The highest BCUT2D eigenvalue weighted by atomic mass is 28.4. The molecule has 7 heteroatoms. The van der Waals surface area contributed by atoms with Crippen molar-refractivity contribution in [3.05, 3.63) is 24.5 Å². The molecule has 0 unspecified atom stereocenters. The summed E-state index contributed by atoms with van der Waals surface area (Å²) in [7, 11) is 2.20. The smallest absolute Gasteiger partial charge is 0.500 e. The van der Waals surface area contributed by atoms with Gasteiger partial charge in [-0.15, -0.1) is 0 Å². The van der Waals surface area contributed by atoms with Gasteiger partial charge in [-0.25, -0.2) is 4.79 Å². The molecule has 0 amide bonds. The SMILES string of the molecule is C1=COCCC1.C=C(CCCC[Si](OC)(OC)OC)C(=O)O. The molecule has 1 N–H and O–H groups in total. The monoisotopic (exact) mass is 332 g/mol. The molecule has 0 saturated heterocycles. The quantitative estimate of drug-likeness (QED) is 0.397. The van der Waals surface area contributed by atoms with Gasteiger partial charge in [0.15, 0.2) is 0 Å². The predicted molar refractivity (Wildman–Crippen MR) is 86.5 cm³/mol. The van der Waals surface area contributed by atoms with Crippen molar-refractivity contribution < 1.29 is 27.9 Å². The van der Waals surface area contributed by atoms with E-state index in [4.69, 9.17) is 23.1 Å². The molecule has 1 aliphatic rings. The number of allylic oxidation sites excluding steroid dienone is 1. The highest BCUT2D eigenvalue weighted by molar-refractivity contribution is 6.60. The average molecular weight is 332 g/mol. The molecule has 0 atom stereocenters. The fourth-order valence-corrected chi connectivity index (χ4v) is 3.63. The molecule has 0 aliphatic carbocycles. The first-order valence-corrected chi connectivity index (χ1v) is 9.27. The van der Waals surface area contributed by atoms with Crippen molar-refractivity contribution in [2.24, 2.45) is 0 Å². The van der Waals surface area contributed by atoms with Gasteiger partial charge in [-0.3, -0.25) is 0 Å². The van der Waals surface area contributed by atoms with Crippen LogP contribution in [-0.2, 0) is 22.8 Å². The van der Waals surface area contributed by atoms with Crippen molar-refractivity contribution in [1.29, 1.82) is 0 Å². The molecule has 0 spiro atoms. The zero-order valence-corrected chi connectivity index (χ0v) is 14.8. The normalized spacial score (nSPS) is 13.8. The minimum absolute atomic E-state index is 0.236. The highest BCUT2D eigenvalue weighted by Gasteiger charge is 2.36. The molecular weight excluding hydrogens is 304 g/mol. The van der Waals surface area contributed by atoms with Crippen LogP contribution in [0.3, 0.4) is 0 Å². The Labute approximate surface area is 134 Å². The van der Waals surface area contributed by atoms with E-state index in [1.165, 1.54) is 12.8 Å². The Morgan fingerprint density at radius 3 is 2.23 bits per heavy atom. The first-order chi connectivity index (χ1) is 10.5. The molecule has 0 aromatic rings. The molecule has 128 valence electrons. The number of hydrogen-bond donors (Lipinski definition) is 1. The predicted octanol–water partition coefficient (Wildman–Crippen LogP) is 2.99. The van der Waals surface area contributed by atoms with Crippen molar-refractivity contribution in [3.63, 3.8) is 0 Å². The summed E-state index contributed by atoms with van der Waals surface area (Å²) in [5.74, 6) is -0.936. The summed E-state index contributed by atoms with van der Waals surface area (Å²) >= 11 is 0. The summed E-state index contributed by atoms with van der Waals surface area (Å²) in [4.78, 5) is 10.5. The summed E-state index contributed by atoms with van der Waals surface area (Å²) in [5, 5.41) is 8.61. The molecule has 0 fully saturated rings. The van der Waals surface area contributed by atoms with Crippen LogP contribution in [0.2, 0.25) is 6.04 Å². The van der Waals surface area contributed by atoms with E-state index >= 15 is 0 Å². The number of ether oxygens (including phenoxy) is 1. The van der Waals surface area contributed by atoms with Gasteiger partial charge in [0.1, 0.15) is 0 Å². The molecular formula is C15H28O6Si. The fraction of sp³-hybridized carbons (Fsp3) is 0.667. The maximum atomic E-state index is 10.5. The van der Waals surface area contributed by atoms with E-state index in [1.807, 2.05) is 6.08 Å². The van der Waals surface area contributed by atoms with Crippen molar-refractivity contribution >= 4 is 14.8 Å². The molecule has 1 heterocycles. The average Bonchev–Trinajstić information content (AvgIpc) is 2.57. The minimum atomic E-state index is -2.49. The first kappa shape index (κ1) is 20.8. The lowest BCUT2D eigenvalue weighted by molar-refractivity contribution is -0.132. The van der Waals surface area contributed by atoms with Crippen LogP contribution in [0.25, 0.3) is 0 Å². The number of aliphatic carboxylic acids is 1. The van der Waals surface area contributed by atoms with Crippen LogP contribution < -0.4 is 0 Å². The van der Waals surface area contributed by atoms with E-state index in [9.17, 15) is 4.79 Å². The Bertz CT molecular complexity index is 336. The van der Waals surface area contributed by atoms with Gasteiger partial charge in [-0.1, -0.05) is 6.58 Å². The van der Waals surface area contributed by atoms with Crippen LogP contribution in [0.5, 0.6) is 0 Å². The Morgan fingerprint density at radius 1 is 1.27 bits per heavy atom. The van der Waals surface area contributed by atoms with Crippen molar-refractivity contribution in [2.45, 2.75) is 38.1 Å². The number of unbranched alkanes of at least 4 members (excludes halogenated alkanes) is 1. The molecule has 22 heavy (non-hydrogen) atoms. The largest absolute Gasteiger partial charge is 0.502 e. The van der Waals surface area contributed by atoms with Gasteiger partial charge in [0.25, 0.3) is 0 Å². The fourth-order valence-electron chi connectivity index (χ4n) is 1.83. The summed E-state index contributed by atoms with van der Waals surface area (Å²) in [6.45, 7) is 4.38. The lowest BCUT2D eigenvalue weighted by Gasteiger charge is -2.24. The van der Waals surface area contributed by atoms with E-state index in [0.29, 0.717) is 12.5 Å². The maximum Gasteiger partial charge on any atom is 0.500 e. The van der Waals surface area contributed by atoms with Crippen LogP contribution in [0.1, 0.15) is 32.1 Å². The van der Waals surface area contributed by atoms with Gasteiger partial charge in [0, 0.05) is 32.9 Å². The highest BCUT2D eigenvalue weighted by Crippen LogP contribution is 2.18. The van der Waals surface area contributed by atoms with E-state index in [-0.39, 0.29) is 5.57 Å².